The summed E-state index contributed by atoms with van der Waals surface area (Å²) < 4.78 is 5.47. The molecule has 136 valence electrons. The first-order valence-electron chi connectivity index (χ1n) is 9.16. The summed E-state index contributed by atoms with van der Waals surface area (Å²) in [6.07, 6.45) is 11.2. The van der Waals surface area contributed by atoms with Gasteiger partial charge in [-0.25, -0.2) is 0 Å². The van der Waals surface area contributed by atoms with Crippen LogP contribution in [0, 0.1) is 5.92 Å². The second-order valence-electron chi connectivity index (χ2n) is 7.65. The van der Waals surface area contributed by atoms with Gasteiger partial charge in [-0.15, -0.1) is 0 Å². The predicted molar refractivity (Wildman–Crippen MR) is 100 cm³/mol. The van der Waals surface area contributed by atoms with Crippen LogP contribution in [0.3, 0.4) is 0 Å². The van der Waals surface area contributed by atoms with Crippen LogP contribution in [0.4, 0.5) is 0 Å². The molecule has 25 heavy (non-hydrogen) atoms. The summed E-state index contributed by atoms with van der Waals surface area (Å²) in [6, 6.07) is 3.85. The highest BCUT2D eigenvalue weighted by molar-refractivity contribution is 5.76. The highest BCUT2D eigenvalue weighted by atomic mass is 16.5. The number of aliphatic hydroxyl groups is 1. The van der Waals surface area contributed by atoms with Crippen molar-refractivity contribution in [3.05, 3.63) is 35.8 Å². The van der Waals surface area contributed by atoms with Gasteiger partial charge in [-0.1, -0.05) is 0 Å². The van der Waals surface area contributed by atoms with Crippen molar-refractivity contribution in [1.82, 2.24) is 9.88 Å². The van der Waals surface area contributed by atoms with E-state index in [-0.39, 0.29) is 0 Å². The summed E-state index contributed by atoms with van der Waals surface area (Å²) in [5, 5.41) is 10.0. The number of ether oxygens (including phenoxy) is 1. The number of methoxy groups -OCH3 is 1. The van der Waals surface area contributed by atoms with Gasteiger partial charge in [-0.3, -0.25) is 9.98 Å². The molecule has 0 atom stereocenters. The minimum Gasteiger partial charge on any atom is -0.384 e. The summed E-state index contributed by atoms with van der Waals surface area (Å²) >= 11 is 0. The molecule has 1 aliphatic carbocycles. The second kappa shape index (κ2) is 7.67. The molecule has 3 rings (SSSR count). The average Bonchev–Trinajstić information content (AvgIpc) is 2.62. The number of nitrogens with zero attached hydrogens (tertiary/aromatic N) is 3. The van der Waals surface area contributed by atoms with Crippen LogP contribution in [0.2, 0.25) is 0 Å². The predicted octanol–water partition coefficient (Wildman–Crippen LogP) is 3.20. The van der Waals surface area contributed by atoms with Gasteiger partial charge in [0.25, 0.3) is 0 Å². The Morgan fingerprint density at radius 2 is 2.00 bits per heavy atom. The molecule has 0 radical (unpaired) electrons. The standard InChI is InChI=1S/C20H29N3O2/c1-20(2,24)19-9-6-16(12-22-19)18-14-23(11-10-21-18)13-15-4-7-17(25-3)8-5-15/h6,9-10,12,14-15,17,24H,4-5,7-8,11,13H2,1-3H3/t15-,17-. The lowest BCUT2D eigenvalue weighted by molar-refractivity contribution is 0.0531. The summed E-state index contributed by atoms with van der Waals surface area (Å²) in [5.74, 6) is 0.728. The molecule has 1 N–H and O–H groups in total. The van der Waals surface area contributed by atoms with Gasteiger partial charge in [-0.2, -0.15) is 0 Å². The molecule has 2 aliphatic rings. The van der Waals surface area contributed by atoms with Crippen molar-refractivity contribution in [1.29, 1.82) is 0 Å². The number of rotatable bonds is 5. The zero-order valence-corrected chi connectivity index (χ0v) is 15.5. The van der Waals surface area contributed by atoms with E-state index in [1.807, 2.05) is 25.5 Å². The molecule has 0 saturated heterocycles. The van der Waals surface area contributed by atoms with Crippen LogP contribution in [-0.2, 0) is 10.3 Å². The zero-order valence-electron chi connectivity index (χ0n) is 15.5. The molecule has 0 bridgehead atoms. The van der Waals surface area contributed by atoms with Gasteiger partial charge in [0.2, 0.25) is 0 Å². The Labute approximate surface area is 150 Å². The fourth-order valence-electron chi connectivity index (χ4n) is 3.57. The van der Waals surface area contributed by atoms with E-state index >= 15 is 0 Å². The van der Waals surface area contributed by atoms with Crippen molar-refractivity contribution in [2.75, 3.05) is 20.2 Å². The third-order valence-corrected chi connectivity index (χ3v) is 5.16. The first kappa shape index (κ1) is 18.1. The topological polar surface area (TPSA) is 58.0 Å². The van der Waals surface area contributed by atoms with E-state index in [0.29, 0.717) is 11.8 Å². The third kappa shape index (κ3) is 4.67. The van der Waals surface area contributed by atoms with E-state index in [1.54, 1.807) is 20.0 Å². The van der Waals surface area contributed by atoms with Crippen LogP contribution in [0.5, 0.6) is 0 Å². The fraction of sp³-hybridized carbons (Fsp3) is 0.600. The molecule has 1 fully saturated rings. The van der Waals surface area contributed by atoms with Crippen LogP contribution in [0.25, 0.3) is 5.70 Å². The minimum absolute atomic E-state index is 0.450. The lowest BCUT2D eigenvalue weighted by Gasteiger charge is -2.32. The third-order valence-electron chi connectivity index (χ3n) is 5.16. The van der Waals surface area contributed by atoms with E-state index in [2.05, 4.69) is 21.1 Å². The van der Waals surface area contributed by atoms with Crippen molar-refractivity contribution in [3.8, 4) is 0 Å². The molecule has 1 aromatic rings. The molecular formula is C20H29N3O2. The molecular weight excluding hydrogens is 314 g/mol. The maximum atomic E-state index is 10.0. The van der Waals surface area contributed by atoms with E-state index in [1.165, 1.54) is 25.7 Å². The van der Waals surface area contributed by atoms with Gasteiger partial charge in [0.05, 0.1) is 24.0 Å². The lowest BCUT2D eigenvalue weighted by Crippen LogP contribution is -2.32. The smallest absolute Gasteiger partial charge is 0.101 e. The van der Waals surface area contributed by atoms with Crippen LogP contribution in [0.1, 0.15) is 50.8 Å². The number of aromatic nitrogens is 1. The van der Waals surface area contributed by atoms with Gasteiger partial charge < -0.3 is 14.7 Å². The van der Waals surface area contributed by atoms with Crippen molar-refractivity contribution in [2.45, 2.75) is 51.2 Å². The molecule has 0 aromatic carbocycles. The monoisotopic (exact) mass is 343 g/mol. The minimum atomic E-state index is -0.921. The first-order chi connectivity index (χ1) is 12.0. The summed E-state index contributed by atoms with van der Waals surface area (Å²) in [7, 11) is 1.82. The summed E-state index contributed by atoms with van der Waals surface area (Å²) in [4.78, 5) is 11.3. The molecule has 0 unspecified atom stereocenters. The maximum absolute atomic E-state index is 10.0. The number of pyridine rings is 1. The SMILES string of the molecule is CO[C@H]1CC[C@H](CN2C=C(c3ccc(C(C)(C)O)nc3)N=CC2)CC1. The number of hydrogen-bond acceptors (Lipinski definition) is 5. The summed E-state index contributed by atoms with van der Waals surface area (Å²) in [5.41, 5.74) is 1.67. The molecule has 0 amide bonds. The summed E-state index contributed by atoms with van der Waals surface area (Å²) in [6.45, 7) is 5.42. The number of aliphatic imine (C=N–C) groups is 1. The molecule has 1 aromatic heterocycles. The molecule has 0 spiro atoms. The van der Waals surface area contributed by atoms with E-state index < -0.39 is 5.60 Å². The molecule has 1 aliphatic heterocycles. The fourth-order valence-corrected chi connectivity index (χ4v) is 3.57. The van der Waals surface area contributed by atoms with Gasteiger partial charge in [-0.05, 0) is 57.6 Å². The second-order valence-corrected chi connectivity index (χ2v) is 7.65. The quantitative estimate of drug-likeness (QED) is 0.892. The molecule has 2 heterocycles. The largest absolute Gasteiger partial charge is 0.384 e. The van der Waals surface area contributed by atoms with E-state index in [0.717, 1.165) is 30.3 Å². The lowest BCUT2D eigenvalue weighted by atomic mass is 9.87. The van der Waals surface area contributed by atoms with Crippen LogP contribution < -0.4 is 0 Å². The van der Waals surface area contributed by atoms with Crippen LogP contribution >= 0.6 is 0 Å². The zero-order chi connectivity index (χ0) is 17.9. The van der Waals surface area contributed by atoms with Gasteiger partial charge in [0.1, 0.15) is 5.60 Å². The Kier molecular flexibility index (Phi) is 5.54. The van der Waals surface area contributed by atoms with Crippen LogP contribution in [-0.4, -0.2) is 47.5 Å². The van der Waals surface area contributed by atoms with Gasteiger partial charge in [0.15, 0.2) is 0 Å². The Bertz CT molecular complexity index is 623. The molecule has 5 heteroatoms. The highest BCUT2D eigenvalue weighted by Crippen LogP contribution is 2.28. The van der Waals surface area contributed by atoms with E-state index in [9.17, 15) is 5.11 Å². The van der Waals surface area contributed by atoms with Gasteiger partial charge in [0, 0.05) is 37.8 Å². The van der Waals surface area contributed by atoms with Crippen LogP contribution in [0.15, 0.2) is 29.5 Å². The number of hydrogen-bond donors (Lipinski definition) is 1. The Morgan fingerprint density at radius 3 is 2.60 bits per heavy atom. The normalized spacial score (nSPS) is 24.3. The van der Waals surface area contributed by atoms with Crippen molar-refractivity contribution < 1.29 is 9.84 Å². The van der Waals surface area contributed by atoms with Crippen molar-refractivity contribution in [3.63, 3.8) is 0 Å². The Morgan fingerprint density at radius 1 is 1.24 bits per heavy atom. The highest BCUT2D eigenvalue weighted by Gasteiger charge is 2.23. The Balaban J connectivity index is 1.63. The molecule has 1 saturated carbocycles. The maximum Gasteiger partial charge on any atom is 0.101 e. The van der Waals surface area contributed by atoms with Crippen molar-refractivity contribution in [2.24, 2.45) is 10.9 Å². The molecule has 5 nitrogen and oxygen atoms in total. The Hall–Kier alpha value is -1.72. The van der Waals surface area contributed by atoms with Gasteiger partial charge >= 0.3 is 0 Å². The first-order valence-corrected chi connectivity index (χ1v) is 9.16. The van der Waals surface area contributed by atoms with Crippen molar-refractivity contribution >= 4 is 11.9 Å². The average molecular weight is 343 g/mol. The van der Waals surface area contributed by atoms with E-state index in [4.69, 9.17) is 4.74 Å².